The zero-order valence-corrected chi connectivity index (χ0v) is 19.4. The topological polar surface area (TPSA) is 61.4 Å². The van der Waals surface area contributed by atoms with Gasteiger partial charge in [0.1, 0.15) is 10.9 Å². The Balaban J connectivity index is 1.40. The van der Waals surface area contributed by atoms with Gasteiger partial charge in [-0.05, 0) is 48.7 Å². The van der Waals surface area contributed by atoms with Gasteiger partial charge in [0.2, 0.25) is 5.91 Å². The van der Waals surface area contributed by atoms with Crippen molar-refractivity contribution in [1.29, 1.82) is 0 Å². The summed E-state index contributed by atoms with van der Waals surface area (Å²) in [5.41, 5.74) is 3.79. The standard InChI is InChI=1S/C21H18ClN3O2S3/c1-11-7-12(2)18-15(8-11)29-20(24-18)23-17(26)10-25-19(27)16(30-21(25)28)9-13-5-3-4-6-14(13)22/h3-9,20,24H,10H2,1-2H3,(H,23,26)/b16-9+/t20-/m1/s1. The lowest BCUT2D eigenvalue weighted by Crippen LogP contribution is -2.44. The number of carbonyl (C=O) groups is 2. The Labute approximate surface area is 193 Å². The van der Waals surface area contributed by atoms with Crippen molar-refractivity contribution in [3.63, 3.8) is 0 Å². The Hall–Kier alpha value is -2.00. The highest BCUT2D eigenvalue weighted by Gasteiger charge is 2.34. The Kier molecular flexibility index (Phi) is 6.11. The predicted molar refractivity (Wildman–Crippen MR) is 129 cm³/mol. The number of thioether (sulfide) groups is 2. The van der Waals surface area contributed by atoms with Crippen LogP contribution in [0.2, 0.25) is 5.02 Å². The van der Waals surface area contributed by atoms with Gasteiger partial charge in [-0.2, -0.15) is 0 Å². The lowest BCUT2D eigenvalue weighted by Gasteiger charge is -2.17. The SMILES string of the molecule is Cc1cc(C)c2c(c1)S[C@H](NC(=O)CN1C(=O)/C(=C\c3ccccc3Cl)SC1=S)N2. The van der Waals surface area contributed by atoms with Crippen LogP contribution in [0.3, 0.4) is 0 Å². The van der Waals surface area contributed by atoms with Crippen molar-refractivity contribution in [2.45, 2.75) is 24.2 Å². The Morgan fingerprint density at radius 3 is 2.87 bits per heavy atom. The molecule has 1 atom stereocenters. The number of benzene rings is 2. The molecule has 1 saturated heterocycles. The zero-order valence-electron chi connectivity index (χ0n) is 16.2. The number of anilines is 1. The van der Waals surface area contributed by atoms with Crippen LogP contribution in [-0.2, 0) is 9.59 Å². The first-order chi connectivity index (χ1) is 14.3. The van der Waals surface area contributed by atoms with E-state index in [4.69, 9.17) is 23.8 Å². The number of rotatable bonds is 4. The second-order valence-electron chi connectivity index (χ2n) is 6.95. The fourth-order valence-electron chi connectivity index (χ4n) is 3.26. The lowest BCUT2D eigenvalue weighted by atomic mass is 10.1. The zero-order chi connectivity index (χ0) is 21.4. The van der Waals surface area contributed by atoms with E-state index in [0.717, 1.165) is 21.7 Å². The van der Waals surface area contributed by atoms with E-state index in [0.29, 0.717) is 14.2 Å². The van der Waals surface area contributed by atoms with Gasteiger partial charge in [-0.25, -0.2) is 0 Å². The molecule has 0 spiro atoms. The molecule has 2 N–H and O–H groups in total. The molecule has 0 saturated carbocycles. The van der Waals surface area contributed by atoms with E-state index in [1.165, 1.54) is 22.2 Å². The number of thiocarbonyl (C=S) groups is 1. The van der Waals surface area contributed by atoms with Crippen LogP contribution in [0.15, 0.2) is 46.2 Å². The molecule has 0 aliphatic carbocycles. The smallest absolute Gasteiger partial charge is 0.266 e. The highest BCUT2D eigenvalue weighted by atomic mass is 35.5. The highest BCUT2D eigenvalue weighted by Crippen LogP contribution is 2.40. The summed E-state index contributed by atoms with van der Waals surface area (Å²) in [6.07, 6.45) is 1.70. The largest absolute Gasteiger partial charge is 0.355 e. The Morgan fingerprint density at radius 1 is 1.33 bits per heavy atom. The van der Waals surface area contributed by atoms with Crippen molar-refractivity contribution in [2.75, 3.05) is 11.9 Å². The number of nitrogens with one attached hydrogen (secondary N) is 2. The number of fused-ring (bicyclic) bond motifs is 1. The number of carbonyl (C=O) groups excluding carboxylic acids is 2. The van der Waals surface area contributed by atoms with E-state index in [-0.39, 0.29) is 23.9 Å². The summed E-state index contributed by atoms with van der Waals surface area (Å²) in [7, 11) is 0. The molecule has 154 valence electrons. The third-order valence-corrected chi connectivity index (χ3v) is 7.39. The number of aryl methyl sites for hydroxylation is 2. The third kappa shape index (κ3) is 4.37. The van der Waals surface area contributed by atoms with Crippen molar-refractivity contribution < 1.29 is 9.59 Å². The normalized spacial score (nSPS) is 19.2. The second-order valence-corrected chi connectivity index (χ2v) is 10.2. The van der Waals surface area contributed by atoms with Crippen molar-refractivity contribution in [1.82, 2.24) is 10.2 Å². The van der Waals surface area contributed by atoms with Gasteiger partial charge in [-0.1, -0.05) is 71.6 Å². The van der Waals surface area contributed by atoms with Gasteiger partial charge >= 0.3 is 0 Å². The summed E-state index contributed by atoms with van der Waals surface area (Å²) in [5.74, 6) is -0.570. The fourth-order valence-corrected chi connectivity index (χ4v) is 5.91. The summed E-state index contributed by atoms with van der Waals surface area (Å²) in [4.78, 5) is 28.2. The molecule has 0 unspecified atom stereocenters. The molecule has 9 heteroatoms. The molecule has 1 fully saturated rings. The minimum atomic E-state index is -0.290. The molecule has 30 heavy (non-hydrogen) atoms. The molecule has 0 radical (unpaired) electrons. The van der Waals surface area contributed by atoms with Gasteiger partial charge in [-0.3, -0.25) is 14.5 Å². The Bertz CT molecular complexity index is 1100. The van der Waals surface area contributed by atoms with Crippen molar-refractivity contribution >= 4 is 75.2 Å². The molecular formula is C21H18ClN3O2S3. The van der Waals surface area contributed by atoms with Crippen LogP contribution < -0.4 is 10.6 Å². The molecule has 0 bridgehead atoms. The third-order valence-electron chi connectivity index (χ3n) is 4.62. The molecule has 2 heterocycles. The maximum absolute atomic E-state index is 12.8. The quantitative estimate of drug-likeness (QED) is 0.490. The predicted octanol–water partition coefficient (Wildman–Crippen LogP) is 4.78. The van der Waals surface area contributed by atoms with E-state index in [9.17, 15) is 9.59 Å². The van der Waals surface area contributed by atoms with Gasteiger partial charge in [0.05, 0.1) is 10.6 Å². The molecule has 0 aromatic heterocycles. The van der Waals surface area contributed by atoms with Gasteiger partial charge in [0.15, 0.2) is 5.50 Å². The first kappa shape index (κ1) is 21.2. The number of nitrogens with zero attached hydrogens (tertiary/aromatic N) is 1. The summed E-state index contributed by atoms with van der Waals surface area (Å²) in [6, 6.07) is 11.4. The van der Waals surface area contributed by atoms with Crippen LogP contribution in [0.25, 0.3) is 6.08 Å². The average molecular weight is 476 g/mol. The van der Waals surface area contributed by atoms with E-state index in [1.54, 1.807) is 23.9 Å². The summed E-state index contributed by atoms with van der Waals surface area (Å²) >= 11 is 14.2. The molecular weight excluding hydrogens is 458 g/mol. The van der Waals surface area contributed by atoms with Crippen molar-refractivity contribution in [3.05, 3.63) is 63.0 Å². The van der Waals surface area contributed by atoms with Gasteiger partial charge in [0, 0.05) is 9.92 Å². The van der Waals surface area contributed by atoms with Crippen LogP contribution in [0.5, 0.6) is 0 Å². The monoisotopic (exact) mass is 475 g/mol. The molecule has 2 aromatic rings. The van der Waals surface area contributed by atoms with Crippen LogP contribution >= 0.6 is 47.3 Å². The number of hydrogen-bond donors (Lipinski definition) is 2. The van der Waals surface area contributed by atoms with Crippen LogP contribution in [0.4, 0.5) is 5.69 Å². The van der Waals surface area contributed by atoms with E-state index < -0.39 is 0 Å². The molecule has 2 amide bonds. The highest BCUT2D eigenvalue weighted by molar-refractivity contribution is 8.26. The van der Waals surface area contributed by atoms with Crippen molar-refractivity contribution in [2.24, 2.45) is 0 Å². The first-order valence-corrected chi connectivity index (χ1v) is 11.6. The summed E-state index contributed by atoms with van der Waals surface area (Å²) < 4.78 is 0.357. The van der Waals surface area contributed by atoms with E-state index >= 15 is 0 Å². The average Bonchev–Trinajstić information content (AvgIpc) is 3.19. The molecule has 2 aliphatic heterocycles. The maximum Gasteiger partial charge on any atom is 0.266 e. The summed E-state index contributed by atoms with van der Waals surface area (Å²) in [5, 5.41) is 6.79. The number of halogens is 1. The summed E-state index contributed by atoms with van der Waals surface area (Å²) in [6.45, 7) is 3.96. The van der Waals surface area contributed by atoms with E-state index in [1.807, 2.05) is 32.0 Å². The van der Waals surface area contributed by atoms with Crippen LogP contribution in [0, 0.1) is 13.8 Å². The minimum Gasteiger partial charge on any atom is -0.355 e. The molecule has 2 aromatic carbocycles. The molecule has 5 nitrogen and oxygen atoms in total. The fraction of sp³-hybridized carbons (Fsp3) is 0.190. The number of hydrogen-bond acceptors (Lipinski definition) is 6. The van der Waals surface area contributed by atoms with Gasteiger partial charge in [-0.15, -0.1) is 0 Å². The molecule has 4 rings (SSSR count). The molecule has 2 aliphatic rings. The van der Waals surface area contributed by atoms with Crippen LogP contribution in [-0.4, -0.2) is 33.1 Å². The minimum absolute atomic E-state index is 0.127. The van der Waals surface area contributed by atoms with Gasteiger partial charge in [0.25, 0.3) is 5.91 Å². The van der Waals surface area contributed by atoms with E-state index in [2.05, 4.69) is 22.8 Å². The Morgan fingerprint density at radius 2 is 2.10 bits per heavy atom. The second kappa shape index (κ2) is 8.63. The number of amides is 2. The maximum atomic E-state index is 12.8. The lowest BCUT2D eigenvalue weighted by molar-refractivity contribution is -0.128. The van der Waals surface area contributed by atoms with Crippen molar-refractivity contribution in [3.8, 4) is 0 Å². The first-order valence-electron chi connectivity index (χ1n) is 9.15. The van der Waals surface area contributed by atoms with Gasteiger partial charge < -0.3 is 10.6 Å². The van der Waals surface area contributed by atoms with Crippen LogP contribution in [0.1, 0.15) is 16.7 Å².